The minimum Gasteiger partial charge on any atom is -0.497 e. The van der Waals surface area contributed by atoms with Crippen LogP contribution in [0.4, 0.5) is 19.4 Å². The number of carbonyl (C=O) groups excluding carboxylic acids is 1. The summed E-state index contributed by atoms with van der Waals surface area (Å²) in [7, 11) is -0.873. The molecule has 0 aliphatic heterocycles. The van der Waals surface area contributed by atoms with Crippen LogP contribution in [0.15, 0.2) is 77.7 Å². The molecule has 53 heavy (non-hydrogen) atoms. The molecule has 13 nitrogen and oxygen atoms in total. The lowest BCUT2D eigenvalue weighted by Crippen LogP contribution is -2.39. The molecule has 0 saturated carbocycles. The van der Waals surface area contributed by atoms with Crippen molar-refractivity contribution in [2.75, 3.05) is 17.7 Å². The van der Waals surface area contributed by atoms with Crippen molar-refractivity contribution in [2.24, 2.45) is 7.05 Å². The molecule has 6 rings (SSSR count). The number of hydrogen-bond donors (Lipinski definition) is 1. The molecule has 0 spiro atoms. The van der Waals surface area contributed by atoms with E-state index in [-0.39, 0.29) is 57.3 Å². The Morgan fingerprint density at radius 1 is 1.02 bits per heavy atom. The molecule has 278 valence electrons. The van der Waals surface area contributed by atoms with Gasteiger partial charge in [0.2, 0.25) is 10.0 Å². The number of amides is 1. The van der Waals surface area contributed by atoms with Crippen molar-refractivity contribution >= 4 is 50.0 Å². The van der Waals surface area contributed by atoms with Crippen LogP contribution in [-0.4, -0.2) is 57.4 Å². The van der Waals surface area contributed by atoms with Gasteiger partial charge in [0.1, 0.15) is 28.5 Å². The molecule has 1 amide bonds. The van der Waals surface area contributed by atoms with Crippen LogP contribution in [-0.2, 0) is 34.8 Å². The standard InChI is InChI=1S/C36H36ClF2N7O6S/c1-36(2,3)52-35(48)40-27(18-22-16-23(38)19-24(39)17-22)32-42-44-15-7-8-29(44)34(47)46(32)28-14-13-26(37)30-31(28)43(4)41-33(30)45(53(6,49)50)20-21-9-11-25(51-5)12-10-21/h7-17,19,27H,18,20H2,1-6H3,(H,40,48)/t27-/m0/s1. The van der Waals surface area contributed by atoms with Crippen molar-refractivity contribution in [1.29, 1.82) is 0 Å². The molecular formula is C36H36ClF2N7O6S. The highest BCUT2D eigenvalue weighted by Gasteiger charge is 2.31. The van der Waals surface area contributed by atoms with Gasteiger partial charge in [0, 0.05) is 25.7 Å². The van der Waals surface area contributed by atoms with Gasteiger partial charge in [-0.25, -0.2) is 30.8 Å². The van der Waals surface area contributed by atoms with Gasteiger partial charge in [-0.3, -0.25) is 14.0 Å². The highest BCUT2D eigenvalue weighted by Crippen LogP contribution is 2.38. The van der Waals surface area contributed by atoms with E-state index >= 15 is 0 Å². The number of rotatable bonds is 10. The maximum Gasteiger partial charge on any atom is 0.408 e. The largest absolute Gasteiger partial charge is 0.497 e. The minimum atomic E-state index is -3.96. The molecule has 1 atom stereocenters. The topological polar surface area (TPSA) is 142 Å². The molecular weight excluding hydrogens is 732 g/mol. The van der Waals surface area contributed by atoms with E-state index in [0.717, 1.165) is 28.8 Å². The molecule has 0 radical (unpaired) electrons. The molecule has 6 aromatic rings. The first kappa shape index (κ1) is 37.3. The van der Waals surface area contributed by atoms with E-state index < -0.39 is 45.0 Å². The number of hydrogen-bond acceptors (Lipinski definition) is 8. The monoisotopic (exact) mass is 767 g/mol. The van der Waals surface area contributed by atoms with E-state index in [4.69, 9.17) is 26.2 Å². The van der Waals surface area contributed by atoms with Crippen LogP contribution in [0.25, 0.3) is 22.1 Å². The minimum absolute atomic E-state index is 0.00217. The van der Waals surface area contributed by atoms with Crippen molar-refractivity contribution < 1.29 is 31.5 Å². The second kappa shape index (κ2) is 14.2. The quantitative estimate of drug-likeness (QED) is 0.177. The molecule has 0 bridgehead atoms. The summed E-state index contributed by atoms with van der Waals surface area (Å²) in [6.45, 7) is 4.90. The van der Waals surface area contributed by atoms with Gasteiger partial charge in [0.15, 0.2) is 11.6 Å². The summed E-state index contributed by atoms with van der Waals surface area (Å²) in [5, 5.41) is 12.4. The number of anilines is 1. The number of benzene rings is 3. The fourth-order valence-corrected chi connectivity index (χ4v) is 7.08. The molecule has 0 aliphatic rings. The number of aryl methyl sites for hydroxylation is 1. The molecule has 1 N–H and O–H groups in total. The Hall–Kier alpha value is -5.48. The predicted molar refractivity (Wildman–Crippen MR) is 196 cm³/mol. The van der Waals surface area contributed by atoms with Gasteiger partial charge < -0.3 is 14.8 Å². The lowest BCUT2D eigenvalue weighted by Gasteiger charge is -2.25. The second-order valence-corrected chi connectivity index (χ2v) is 15.7. The van der Waals surface area contributed by atoms with Gasteiger partial charge in [-0.2, -0.15) is 10.2 Å². The van der Waals surface area contributed by atoms with Gasteiger partial charge in [0.25, 0.3) is 5.56 Å². The van der Waals surface area contributed by atoms with Crippen LogP contribution in [0, 0.1) is 11.6 Å². The van der Waals surface area contributed by atoms with Crippen molar-refractivity contribution in [2.45, 2.75) is 45.4 Å². The molecule has 3 aromatic heterocycles. The summed E-state index contributed by atoms with van der Waals surface area (Å²) in [4.78, 5) is 27.8. The number of nitrogens with zero attached hydrogens (tertiary/aromatic N) is 6. The van der Waals surface area contributed by atoms with Gasteiger partial charge in [0.05, 0.1) is 47.6 Å². The highest BCUT2D eigenvalue weighted by molar-refractivity contribution is 7.92. The van der Waals surface area contributed by atoms with Gasteiger partial charge in [-0.1, -0.05) is 23.7 Å². The van der Waals surface area contributed by atoms with E-state index in [9.17, 15) is 26.8 Å². The number of sulfonamides is 1. The van der Waals surface area contributed by atoms with Crippen molar-refractivity contribution in [3.63, 3.8) is 0 Å². The maximum atomic E-state index is 14.5. The number of halogens is 3. The van der Waals surface area contributed by atoms with Crippen LogP contribution in [0.5, 0.6) is 5.75 Å². The Labute approximate surface area is 308 Å². The van der Waals surface area contributed by atoms with E-state index in [1.54, 1.807) is 76.5 Å². The molecule has 0 saturated heterocycles. The Kier molecular flexibility index (Phi) is 9.96. The highest BCUT2D eigenvalue weighted by atomic mass is 35.5. The lowest BCUT2D eigenvalue weighted by molar-refractivity contribution is 0.0500. The van der Waals surface area contributed by atoms with Crippen LogP contribution >= 0.6 is 11.6 Å². The first-order valence-electron chi connectivity index (χ1n) is 16.2. The second-order valence-electron chi connectivity index (χ2n) is 13.4. The van der Waals surface area contributed by atoms with Crippen molar-refractivity contribution in [1.82, 2.24) is 29.3 Å². The molecule has 0 unspecified atom stereocenters. The van der Waals surface area contributed by atoms with Crippen LogP contribution in [0.3, 0.4) is 0 Å². The number of methoxy groups -OCH3 is 1. The average Bonchev–Trinajstić information content (AvgIpc) is 3.67. The lowest BCUT2D eigenvalue weighted by atomic mass is 10.0. The predicted octanol–water partition coefficient (Wildman–Crippen LogP) is 6.09. The first-order valence-corrected chi connectivity index (χ1v) is 18.5. The van der Waals surface area contributed by atoms with Gasteiger partial charge in [-0.05, 0) is 80.4 Å². The van der Waals surface area contributed by atoms with Crippen molar-refractivity contribution in [3.8, 4) is 11.4 Å². The third-order valence-electron chi connectivity index (χ3n) is 8.21. The molecule has 0 aliphatic carbocycles. The number of fused-ring (bicyclic) bond motifs is 2. The zero-order chi connectivity index (χ0) is 38.4. The number of nitrogens with one attached hydrogen (secondary N) is 1. The number of carbonyl (C=O) groups is 1. The number of alkyl carbamates (subject to hydrolysis) is 1. The van der Waals surface area contributed by atoms with E-state index in [2.05, 4.69) is 10.4 Å². The number of ether oxygens (including phenoxy) is 2. The molecule has 0 fully saturated rings. The van der Waals surface area contributed by atoms with Crippen molar-refractivity contribution in [3.05, 3.63) is 117 Å². The summed E-state index contributed by atoms with van der Waals surface area (Å²) in [5.41, 5.74) is -0.111. The van der Waals surface area contributed by atoms with E-state index in [0.29, 0.717) is 11.3 Å². The Bertz CT molecular complexity index is 2510. The summed E-state index contributed by atoms with van der Waals surface area (Å²) < 4.78 is 71.4. The third-order valence-corrected chi connectivity index (χ3v) is 9.63. The summed E-state index contributed by atoms with van der Waals surface area (Å²) in [6.07, 6.45) is 1.49. The fourth-order valence-electron chi connectivity index (χ4n) is 6.02. The van der Waals surface area contributed by atoms with Gasteiger partial charge >= 0.3 is 6.09 Å². The normalized spacial score (nSPS) is 12.6. The van der Waals surface area contributed by atoms with Crippen LogP contribution in [0.1, 0.15) is 43.8 Å². The van der Waals surface area contributed by atoms with Crippen LogP contribution in [0.2, 0.25) is 5.02 Å². The fraction of sp³-hybridized carbons (Fsp3) is 0.278. The molecule has 3 aromatic carbocycles. The molecule has 17 heteroatoms. The zero-order valence-corrected chi connectivity index (χ0v) is 31.2. The Morgan fingerprint density at radius 3 is 2.32 bits per heavy atom. The molecule has 3 heterocycles. The Balaban J connectivity index is 1.59. The maximum absolute atomic E-state index is 14.5. The summed E-state index contributed by atoms with van der Waals surface area (Å²) in [6, 6.07) is 14.8. The summed E-state index contributed by atoms with van der Waals surface area (Å²) in [5.74, 6) is -1.13. The van der Waals surface area contributed by atoms with E-state index in [1.165, 1.54) is 26.9 Å². The van der Waals surface area contributed by atoms with E-state index in [1.807, 2.05) is 0 Å². The zero-order valence-electron chi connectivity index (χ0n) is 29.6. The third kappa shape index (κ3) is 7.83. The summed E-state index contributed by atoms with van der Waals surface area (Å²) >= 11 is 6.82. The number of aromatic nitrogens is 5. The average molecular weight is 768 g/mol. The van der Waals surface area contributed by atoms with Crippen LogP contribution < -0.4 is 19.9 Å². The first-order chi connectivity index (χ1) is 24.9. The van der Waals surface area contributed by atoms with Gasteiger partial charge in [-0.15, -0.1) is 0 Å². The SMILES string of the molecule is COc1ccc(CN(c2nn(C)c3c(-n4c([C@H](Cc5cc(F)cc(F)c5)NC(=O)OC(C)(C)C)nn5cccc5c4=O)ccc(Cl)c23)S(C)(=O)=O)cc1. The Morgan fingerprint density at radius 2 is 1.70 bits per heavy atom. The smallest absolute Gasteiger partial charge is 0.408 e.